The molecule has 1 aliphatic rings. The number of nitrogens with one attached hydrogen (secondary N) is 1. The minimum absolute atomic E-state index is 0.0598. The molecular formula is C21H22ClF2N3O3. The van der Waals surface area contributed by atoms with E-state index in [2.05, 4.69) is 15.0 Å². The molecule has 160 valence electrons. The average Bonchev–Trinajstić information content (AvgIpc) is 3.31. The first kappa shape index (κ1) is 20.7. The Kier molecular flexibility index (Phi) is 5.69. The number of hydrogen-bond acceptors (Lipinski definition) is 5. The highest BCUT2D eigenvalue weighted by Crippen LogP contribution is 2.42. The highest BCUT2D eigenvalue weighted by molar-refractivity contribution is 6.32. The second-order valence-electron chi connectivity index (χ2n) is 7.43. The maximum Gasteiger partial charge on any atom is 0.248 e. The number of halogens is 3. The summed E-state index contributed by atoms with van der Waals surface area (Å²) < 4.78 is 43.4. The van der Waals surface area contributed by atoms with Gasteiger partial charge in [-0.3, -0.25) is 0 Å². The normalized spacial score (nSPS) is 16.6. The van der Waals surface area contributed by atoms with Crippen LogP contribution >= 0.6 is 11.6 Å². The van der Waals surface area contributed by atoms with Crippen LogP contribution < -0.4 is 9.47 Å². The molecule has 1 N–H and O–H groups in total. The van der Waals surface area contributed by atoms with Gasteiger partial charge in [0.1, 0.15) is 35.9 Å². The molecule has 0 unspecified atom stereocenters. The van der Waals surface area contributed by atoms with Crippen molar-refractivity contribution in [1.29, 1.82) is 0 Å². The van der Waals surface area contributed by atoms with Gasteiger partial charge in [-0.1, -0.05) is 11.6 Å². The van der Waals surface area contributed by atoms with Gasteiger partial charge in [0.25, 0.3) is 0 Å². The zero-order valence-corrected chi connectivity index (χ0v) is 17.4. The fourth-order valence-corrected chi connectivity index (χ4v) is 3.89. The number of methoxy groups -OCH3 is 1. The molecule has 1 aliphatic carbocycles. The molecule has 1 saturated carbocycles. The van der Waals surface area contributed by atoms with Gasteiger partial charge in [0.2, 0.25) is 5.92 Å². The van der Waals surface area contributed by atoms with E-state index >= 15 is 0 Å². The molecule has 3 aromatic rings. The molecule has 4 rings (SSSR count). The Bertz CT molecular complexity index is 1020. The van der Waals surface area contributed by atoms with Crippen LogP contribution in [0.4, 0.5) is 8.78 Å². The Morgan fingerprint density at radius 2 is 2.03 bits per heavy atom. The fourth-order valence-electron chi connectivity index (χ4n) is 3.65. The number of benzene rings is 1. The van der Waals surface area contributed by atoms with Gasteiger partial charge < -0.3 is 18.9 Å². The minimum atomic E-state index is -2.58. The molecule has 0 atom stereocenters. The first-order valence-electron chi connectivity index (χ1n) is 9.70. The minimum Gasteiger partial charge on any atom is -0.496 e. The van der Waals surface area contributed by atoms with Crippen LogP contribution in [0.1, 0.15) is 49.0 Å². The first-order chi connectivity index (χ1) is 14.3. The quantitative estimate of drug-likeness (QED) is 0.519. The third-order valence-corrected chi connectivity index (χ3v) is 5.55. The van der Waals surface area contributed by atoms with Gasteiger partial charge in [-0.15, -0.1) is 0 Å². The van der Waals surface area contributed by atoms with Crippen LogP contribution in [0, 0.1) is 6.92 Å². The average molecular weight is 438 g/mol. The van der Waals surface area contributed by atoms with E-state index in [1.807, 2.05) is 6.07 Å². The number of alkyl halides is 2. The molecule has 2 aromatic heterocycles. The number of aromatic nitrogens is 3. The predicted molar refractivity (Wildman–Crippen MR) is 107 cm³/mol. The summed E-state index contributed by atoms with van der Waals surface area (Å²) in [5.41, 5.74) is 2.00. The van der Waals surface area contributed by atoms with Gasteiger partial charge in [0.05, 0.1) is 12.8 Å². The number of oxazole rings is 1. The molecule has 0 aliphatic heterocycles. The first-order valence-corrected chi connectivity index (χ1v) is 10.1. The Morgan fingerprint density at radius 3 is 2.70 bits per heavy atom. The Balaban J connectivity index is 1.52. The van der Waals surface area contributed by atoms with Crippen molar-refractivity contribution in [2.24, 2.45) is 0 Å². The van der Waals surface area contributed by atoms with Crippen LogP contribution in [-0.2, 0) is 6.61 Å². The lowest BCUT2D eigenvalue weighted by molar-refractivity contribution is -0.0387. The zero-order chi connectivity index (χ0) is 21.3. The number of aryl methyl sites for hydroxylation is 1. The number of nitrogens with zero attached hydrogens (tertiary/aromatic N) is 2. The molecule has 0 saturated heterocycles. The molecule has 6 nitrogen and oxygen atoms in total. The second-order valence-corrected chi connectivity index (χ2v) is 7.78. The molecule has 30 heavy (non-hydrogen) atoms. The summed E-state index contributed by atoms with van der Waals surface area (Å²) in [6, 6.07) is 5.36. The van der Waals surface area contributed by atoms with Gasteiger partial charge in [-0.05, 0) is 25.0 Å². The highest BCUT2D eigenvalue weighted by Gasteiger charge is 2.36. The molecule has 0 bridgehead atoms. The topological polar surface area (TPSA) is 73.2 Å². The molecular weight excluding hydrogens is 416 g/mol. The maximum atomic E-state index is 13.5. The van der Waals surface area contributed by atoms with Gasteiger partial charge in [0, 0.05) is 37.3 Å². The van der Waals surface area contributed by atoms with Crippen LogP contribution in [0.15, 0.2) is 28.9 Å². The van der Waals surface area contributed by atoms with Crippen LogP contribution in [-0.4, -0.2) is 28.0 Å². The van der Waals surface area contributed by atoms with Gasteiger partial charge in [-0.25, -0.2) is 18.7 Å². The number of imidazole rings is 1. The highest BCUT2D eigenvalue weighted by atomic mass is 35.5. The smallest absolute Gasteiger partial charge is 0.248 e. The van der Waals surface area contributed by atoms with Crippen molar-refractivity contribution in [1.82, 2.24) is 15.0 Å². The zero-order valence-electron chi connectivity index (χ0n) is 16.7. The molecule has 0 radical (unpaired) electrons. The summed E-state index contributed by atoms with van der Waals surface area (Å²) in [4.78, 5) is 11.8. The molecule has 1 aromatic carbocycles. The van der Waals surface area contributed by atoms with E-state index in [1.54, 1.807) is 32.4 Å². The summed E-state index contributed by atoms with van der Waals surface area (Å²) in [5.74, 6) is -0.283. The molecule has 0 spiro atoms. The van der Waals surface area contributed by atoms with Crippen LogP contribution in [0.3, 0.4) is 0 Å². The van der Waals surface area contributed by atoms with E-state index in [9.17, 15) is 8.78 Å². The monoisotopic (exact) mass is 437 g/mol. The lowest BCUT2D eigenvalue weighted by Crippen LogP contribution is -2.24. The number of rotatable bonds is 6. The third-order valence-electron chi connectivity index (χ3n) is 5.28. The standard InChI is InChI=1S/C21H22ClF2N3O3/c1-12-25-14(10-29-12)11-30-15-3-4-16(17(9-15)28-2)18-19(22)27-20(26-18)13-5-7-21(23,24)8-6-13/h3-4,9-10,13H,5-8,11H2,1-2H3,(H,26,27). The van der Waals surface area contributed by atoms with E-state index < -0.39 is 5.92 Å². The lowest BCUT2D eigenvalue weighted by atomic mass is 9.86. The van der Waals surface area contributed by atoms with E-state index in [0.29, 0.717) is 53.0 Å². The third kappa shape index (κ3) is 4.43. The molecule has 9 heteroatoms. The van der Waals surface area contributed by atoms with Crippen molar-refractivity contribution in [3.63, 3.8) is 0 Å². The second kappa shape index (κ2) is 8.26. The van der Waals surface area contributed by atoms with Crippen molar-refractivity contribution in [2.45, 2.75) is 51.1 Å². The molecule has 1 fully saturated rings. The van der Waals surface area contributed by atoms with Crippen molar-refractivity contribution in [3.8, 4) is 22.8 Å². The summed E-state index contributed by atoms with van der Waals surface area (Å²) in [5, 5.41) is 0.285. The largest absolute Gasteiger partial charge is 0.496 e. The van der Waals surface area contributed by atoms with Crippen molar-refractivity contribution in [2.75, 3.05) is 7.11 Å². The Morgan fingerprint density at radius 1 is 1.27 bits per heavy atom. The number of ether oxygens (including phenoxy) is 2. The van der Waals surface area contributed by atoms with Gasteiger partial charge >= 0.3 is 0 Å². The van der Waals surface area contributed by atoms with Crippen LogP contribution in [0.5, 0.6) is 11.5 Å². The van der Waals surface area contributed by atoms with Gasteiger partial charge in [0.15, 0.2) is 11.0 Å². The van der Waals surface area contributed by atoms with Crippen molar-refractivity contribution < 1.29 is 22.7 Å². The van der Waals surface area contributed by atoms with Gasteiger partial charge in [-0.2, -0.15) is 0 Å². The Labute approximate surface area is 177 Å². The van der Waals surface area contributed by atoms with E-state index in [4.69, 9.17) is 25.5 Å². The van der Waals surface area contributed by atoms with Crippen molar-refractivity contribution in [3.05, 3.63) is 47.0 Å². The number of H-pyrrole nitrogens is 1. The van der Waals surface area contributed by atoms with E-state index in [-0.39, 0.29) is 30.5 Å². The molecule has 0 amide bonds. The summed E-state index contributed by atoms with van der Waals surface area (Å²) in [6.45, 7) is 2.03. The molecule has 2 heterocycles. The summed E-state index contributed by atoms with van der Waals surface area (Å²) in [7, 11) is 1.55. The van der Waals surface area contributed by atoms with Crippen LogP contribution in [0.25, 0.3) is 11.3 Å². The summed E-state index contributed by atoms with van der Waals surface area (Å²) in [6.07, 6.45) is 2.04. The van der Waals surface area contributed by atoms with Crippen molar-refractivity contribution >= 4 is 11.6 Å². The fraction of sp³-hybridized carbons (Fsp3) is 0.429. The van der Waals surface area contributed by atoms with E-state index in [1.165, 1.54) is 0 Å². The maximum absolute atomic E-state index is 13.5. The predicted octanol–water partition coefficient (Wildman–Crippen LogP) is 5.91. The SMILES string of the molecule is COc1cc(OCc2coc(C)n2)ccc1-c1[nH]c(C2CCC(F)(F)CC2)nc1Cl. The Hall–Kier alpha value is -2.61. The summed E-state index contributed by atoms with van der Waals surface area (Å²) >= 11 is 6.37. The number of hydrogen-bond donors (Lipinski definition) is 1. The number of aromatic amines is 1. The van der Waals surface area contributed by atoms with Crippen LogP contribution in [0.2, 0.25) is 5.15 Å². The lowest BCUT2D eigenvalue weighted by Gasteiger charge is -2.26. The van der Waals surface area contributed by atoms with E-state index in [0.717, 1.165) is 0 Å².